The van der Waals surface area contributed by atoms with Gasteiger partial charge in [-0.2, -0.15) is 0 Å². The standard InChI is InChI=1S/C12H13ClN2OS/c1-3-10-6(2)8-4-7(13)5-9(11(8)16-10)15-12(14)17/h4-5H,3H2,1-2H3,(H3,14,15,17). The summed E-state index contributed by atoms with van der Waals surface area (Å²) >= 11 is 10.9. The molecule has 17 heavy (non-hydrogen) atoms. The number of thiocarbonyl (C=S) groups is 1. The van der Waals surface area contributed by atoms with Crippen LogP contribution in [0.4, 0.5) is 5.69 Å². The van der Waals surface area contributed by atoms with Gasteiger partial charge in [-0.15, -0.1) is 0 Å². The average Bonchev–Trinajstić information content (AvgIpc) is 2.55. The van der Waals surface area contributed by atoms with E-state index in [1.54, 1.807) is 6.07 Å². The first-order valence-electron chi connectivity index (χ1n) is 5.31. The number of hydrogen-bond donors (Lipinski definition) is 2. The second kappa shape index (κ2) is 4.55. The summed E-state index contributed by atoms with van der Waals surface area (Å²) in [6.07, 6.45) is 0.838. The first-order valence-corrected chi connectivity index (χ1v) is 6.09. The van der Waals surface area contributed by atoms with Crippen molar-refractivity contribution in [2.24, 2.45) is 5.73 Å². The molecule has 1 heterocycles. The fraction of sp³-hybridized carbons (Fsp3) is 0.250. The lowest BCUT2D eigenvalue weighted by Gasteiger charge is -2.05. The maximum Gasteiger partial charge on any atom is 0.168 e. The Balaban J connectivity index is 2.70. The molecule has 0 atom stereocenters. The van der Waals surface area contributed by atoms with Crippen molar-refractivity contribution in [3.63, 3.8) is 0 Å². The maximum absolute atomic E-state index is 6.07. The molecule has 3 nitrogen and oxygen atoms in total. The van der Waals surface area contributed by atoms with E-state index in [2.05, 4.69) is 5.32 Å². The minimum atomic E-state index is 0.195. The highest BCUT2D eigenvalue weighted by Crippen LogP contribution is 2.34. The zero-order valence-corrected chi connectivity index (χ0v) is 11.2. The quantitative estimate of drug-likeness (QED) is 0.817. The lowest BCUT2D eigenvalue weighted by molar-refractivity contribution is 0.554. The zero-order chi connectivity index (χ0) is 12.6. The van der Waals surface area contributed by atoms with Crippen LogP contribution in [0.3, 0.4) is 0 Å². The second-order valence-electron chi connectivity index (χ2n) is 3.82. The number of aryl methyl sites for hydroxylation is 2. The summed E-state index contributed by atoms with van der Waals surface area (Å²) in [6, 6.07) is 3.64. The first kappa shape index (κ1) is 12.2. The van der Waals surface area contributed by atoms with Gasteiger partial charge in [0.1, 0.15) is 5.76 Å². The Labute approximate surface area is 110 Å². The van der Waals surface area contributed by atoms with Crippen molar-refractivity contribution >= 4 is 45.6 Å². The summed E-state index contributed by atoms with van der Waals surface area (Å²) in [5, 5.41) is 4.70. The molecule has 2 aromatic rings. The Bertz CT molecular complexity index is 592. The minimum Gasteiger partial charge on any atom is -0.459 e. The van der Waals surface area contributed by atoms with Gasteiger partial charge in [0.15, 0.2) is 10.7 Å². The number of rotatable bonds is 2. The van der Waals surface area contributed by atoms with Crippen molar-refractivity contribution in [2.75, 3.05) is 5.32 Å². The third-order valence-corrected chi connectivity index (χ3v) is 3.00. The number of nitrogens with one attached hydrogen (secondary N) is 1. The van der Waals surface area contributed by atoms with Crippen molar-refractivity contribution in [1.29, 1.82) is 0 Å². The molecule has 0 saturated carbocycles. The lowest BCUT2D eigenvalue weighted by atomic mass is 10.1. The molecule has 90 valence electrons. The molecule has 0 radical (unpaired) electrons. The van der Waals surface area contributed by atoms with Crippen LogP contribution in [0, 0.1) is 6.92 Å². The summed E-state index contributed by atoms with van der Waals surface area (Å²) in [7, 11) is 0. The molecule has 3 N–H and O–H groups in total. The highest BCUT2D eigenvalue weighted by Gasteiger charge is 2.14. The predicted octanol–water partition coefficient (Wildman–Crippen LogP) is 3.61. The number of anilines is 1. The molecule has 0 bridgehead atoms. The Hall–Kier alpha value is -1.26. The third-order valence-electron chi connectivity index (χ3n) is 2.68. The average molecular weight is 269 g/mol. The molecule has 0 aliphatic rings. The van der Waals surface area contributed by atoms with Crippen LogP contribution in [0.25, 0.3) is 11.0 Å². The number of hydrogen-bond acceptors (Lipinski definition) is 2. The molecule has 0 spiro atoms. The van der Waals surface area contributed by atoms with Gasteiger partial charge < -0.3 is 15.5 Å². The zero-order valence-electron chi connectivity index (χ0n) is 9.63. The molecule has 1 aromatic heterocycles. The van der Waals surface area contributed by atoms with Crippen LogP contribution >= 0.6 is 23.8 Å². The van der Waals surface area contributed by atoms with Crippen LogP contribution in [0.5, 0.6) is 0 Å². The topological polar surface area (TPSA) is 51.2 Å². The van der Waals surface area contributed by atoms with Crippen molar-refractivity contribution in [1.82, 2.24) is 0 Å². The van der Waals surface area contributed by atoms with Crippen molar-refractivity contribution in [3.05, 3.63) is 28.5 Å². The third kappa shape index (κ3) is 2.23. The van der Waals surface area contributed by atoms with Gasteiger partial charge in [0.2, 0.25) is 0 Å². The smallest absolute Gasteiger partial charge is 0.168 e. The highest BCUT2D eigenvalue weighted by molar-refractivity contribution is 7.80. The van der Waals surface area contributed by atoms with Gasteiger partial charge in [-0.3, -0.25) is 0 Å². The number of benzene rings is 1. The van der Waals surface area contributed by atoms with Gasteiger partial charge in [0.25, 0.3) is 0 Å². The molecule has 2 rings (SSSR count). The van der Waals surface area contributed by atoms with Gasteiger partial charge in [-0.05, 0) is 36.8 Å². The van der Waals surface area contributed by atoms with E-state index in [0.29, 0.717) is 10.7 Å². The minimum absolute atomic E-state index is 0.195. The van der Waals surface area contributed by atoms with E-state index in [4.69, 9.17) is 34.0 Å². The van der Waals surface area contributed by atoms with Gasteiger partial charge in [-0.1, -0.05) is 18.5 Å². The molecular weight excluding hydrogens is 256 g/mol. The van der Waals surface area contributed by atoms with Crippen molar-refractivity contribution in [3.8, 4) is 0 Å². The van der Waals surface area contributed by atoms with E-state index < -0.39 is 0 Å². The van der Waals surface area contributed by atoms with E-state index in [-0.39, 0.29) is 5.11 Å². The fourth-order valence-corrected chi connectivity index (χ4v) is 2.22. The SMILES string of the molecule is CCc1oc2c(NC(N)=S)cc(Cl)cc2c1C. The Morgan fingerprint density at radius 2 is 2.24 bits per heavy atom. The van der Waals surface area contributed by atoms with E-state index in [9.17, 15) is 0 Å². The Kier molecular flexibility index (Phi) is 3.26. The molecule has 0 aliphatic carbocycles. The largest absolute Gasteiger partial charge is 0.459 e. The van der Waals surface area contributed by atoms with E-state index >= 15 is 0 Å². The monoisotopic (exact) mass is 268 g/mol. The van der Waals surface area contributed by atoms with E-state index in [1.807, 2.05) is 19.9 Å². The molecular formula is C12H13ClN2OS. The summed E-state index contributed by atoms with van der Waals surface area (Å²) in [5.41, 5.74) is 8.04. The van der Waals surface area contributed by atoms with Crippen molar-refractivity contribution in [2.45, 2.75) is 20.3 Å². The molecule has 0 unspecified atom stereocenters. The molecule has 0 saturated heterocycles. The van der Waals surface area contributed by atoms with Gasteiger partial charge in [-0.25, -0.2) is 0 Å². The summed E-state index contributed by atoms with van der Waals surface area (Å²) in [4.78, 5) is 0. The molecule has 1 aromatic carbocycles. The Morgan fingerprint density at radius 1 is 1.53 bits per heavy atom. The van der Waals surface area contributed by atoms with Crippen LogP contribution in [-0.2, 0) is 6.42 Å². The van der Waals surface area contributed by atoms with Crippen LogP contribution in [0.15, 0.2) is 16.5 Å². The van der Waals surface area contributed by atoms with E-state index in [0.717, 1.165) is 28.7 Å². The number of furan rings is 1. The van der Waals surface area contributed by atoms with Crippen LogP contribution in [0.2, 0.25) is 5.02 Å². The first-order chi connectivity index (χ1) is 8.02. The summed E-state index contributed by atoms with van der Waals surface area (Å²) in [5.74, 6) is 0.952. The molecule has 0 fully saturated rings. The molecule has 0 aliphatic heterocycles. The Morgan fingerprint density at radius 3 is 2.82 bits per heavy atom. The molecule has 5 heteroatoms. The van der Waals surface area contributed by atoms with Gasteiger partial charge in [0.05, 0.1) is 5.69 Å². The maximum atomic E-state index is 6.07. The summed E-state index contributed by atoms with van der Waals surface area (Å²) in [6.45, 7) is 4.07. The van der Waals surface area contributed by atoms with Crippen LogP contribution < -0.4 is 11.1 Å². The fourth-order valence-electron chi connectivity index (χ4n) is 1.89. The van der Waals surface area contributed by atoms with Crippen molar-refractivity contribution < 1.29 is 4.42 Å². The normalized spacial score (nSPS) is 10.8. The summed E-state index contributed by atoms with van der Waals surface area (Å²) < 4.78 is 5.80. The van der Waals surface area contributed by atoms with Gasteiger partial charge in [0, 0.05) is 16.8 Å². The number of fused-ring (bicyclic) bond motifs is 1. The van der Waals surface area contributed by atoms with Crippen LogP contribution in [0.1, 0.15) is 18.2 Å². The van der Waals surface area contributed by atoms with Crippen LogP contribution in [-0.4, -0.2) is 5.11 Å². The van der Waals surface area contributed by atoms with E-state index in [1.165, 1.54) is 0 Å². The second-order valence-corrected chi connectivity index (χ2v) is 4.70. The number of nitrogens with two attached hydrogens (primary N) is 1. The predicted molar refractivity (Wildman–Crippen MR) is 75.7 cm³/mol. The highest BCUT2D eigenvalue weighted by atomic mass is 35.5. The lowest BCUT2D eigenvalue weighted by Crippen LogP contribution is -2.18. The molecule has 0 amide bonds. The number of halogens is 1. The van der Waals surface area contributed by atoms with Gasteiger partial charge >= 0.3 is 0 Å².